The zero-order valence-electron chi connectivity index (χ0n) is 18.4. The molecule has 2 N–H and O–H groups in total. The van der Waals surface area contributed by atoms with Gasteiger partial charge in [0.2, 0.25) is 0 Å². The molecule has 0 bridgehead atoms. The lowest BCUT2D eigenvalue weighted by Gasteiger charge is -2.22. The number of ether oxygens (including phenoxy) is 5. The molecule has 1 aliphatic heterocycles. The number of nitrogens with one attached hydrogen (secondary N) is 1. The van der Waals surface area contributed by atoms with Crippen molar-refractivity contribution in [2.24, 2.45) is 0 Å². The fraction of sp³-hybridized carbons (Fsp3) is 0.636. The van der Waals surface area contributed by atoms with Crippen LogP contribution in [-0.4, -0.2) is 62.1 Å². The van der Waals surface area contributed by atoms with Crippen LogP contribution < -0.4 is 10.1 Å². The van der Waals surface area contributed by atoms with Crippen LogP contribution in [0.5, 0.6) is 5.75 Å². The monoisotopic (exact) mass is 439 g/mol. The molecule has 1 aromatic rings. The summed E-state index contributed by atoms with van der Waals surface area (Å²) in [5, 5.41) is 11.8. The van der Waals surface area contributed by atoms with E-state index >= 15 is 0 Å². The second-order valence-electron chi connectivity index (χ2n) is 8.11. The number of rotatable bonds is 11. The lowest BCUT2D eigenvalue weighted by Crippen LogP contribution is -2.38. The van der Waals surface area contributed by atoms with Gasteiger partial charge in [-0.05, 0) is 57.7 Å². The maximum Gasteiger partial charge on any atom is 0.408 e. The Hall–Kier alpha value is -2.36. The van der Waals surface area contributed by atoms with Gasteiger partial charge >= 0.3 is 12.1 Å². The van der Waals surface area contributed by atoms with Gasteiger partial charge in [-0.15, -0.1) is 0 Å². The predicted octanol–water partition coefficient (Wildman–Crippen LogP) is 3.28. The Morgan fingerprint density at radius 1 is 1.13 bits per heavy atom. The molecule has 1 saturated heterocycles. The molecular weight excluding hydrogens is 406 g/mol. The summed E-state index contributed by atoms with van der Waals surface area (Å²) in [6.07, 6.45) is 2.23. The minimum absolute atomic E-state index is 0.119. The third-order valence-electron chi connectivity index (χ3n) is 4.29. The van der Waals surface area contributed by atoms with E-state index in [1.807, 2.05) is 0 Å². The van der Waals surface area contributed by atoms with Crippen LogP contribution in [0.15, 0.2) is 24.3 Å². The number of amides is 1. The molecule has 1 heterocycles. The molecule has 2 rings (SSSR count). The Morgan fingerprint density at radius 2 is 1.84 bits per heavy atom. The van der Waals surface area contributed by atoms with Crippen molar-refractivity contribution >= 4 is 12.1 Å². The van der Waals surface area contributed by atoms with Crippen molar-refractivity contribution in [3.05, 3.63) is 29.8 Å². The molecule has 174 valence electrons. The second-order valence-corrected chi connectivity index (χ2v) is 8.11. The van der Waals surface area contributed by atoms with E-state index in [1.54, 1.807) is 45.0 Å². The van der Waals surface area contributed by atoms with Crippen molar-refractivity contribution in [1.29, 1.82) is 0 Å². The number of alkyl carbamates (subject to hydrolysis) is 1. The molecule has 2 atom stereocenters. The largest absolute Gasteiger partial charge is 0.491 e. The van der Waals surface area contributed by atoms with Gasteiger partial charge < -0.3 is 34.1 Å². The van der Waals surface area contributed by atoms with Gasteiger partial charge in [0, 0.05) is 6.61 Å². The zero-order valence-corrected chi connectivity index (χ0v) is 18.4. The Bertz CT molecular complexity index is 680. The van der Waals surface area contributed by atoms with Crippen LogP contribution in [0.2, 0.25) is 0 Å². The fourth-order valence-corrected chi connectivity index (χ4v) is 2.87. The SMILES string of the molecule is CC(C)(C)OC(=O)N[C@@H](C(=O)O)c1ccc(OCCOCCOC2CCCCO2)cc1. The minimum Gasteiger partial charge on any atom is -0.491 e. The second kappa shape index (κ2) is 12.5. The first kappa shape index (κ1) is 24.9. The molecule has 0 spiro atoms. The fourth-order valence-electron chi connectivity index (χ4n) is 2.87. The average molecular weight is 440 g/mol. The van der Waals surface area contributed by atoms with Crippen molar-refractivity contribution in [2.45, 2.75) is 58.0 Å². The Kier molecular flexibility index (Phi) is 10.0. The summed E-state index contributed by atoms with van der Waals surface area (Å²) < 4.78 is 27.3. The van der Waals surface area contributed by atoms with Crippen molar-refractivity contribution in [3.8, 4) is 5.75 Å². The first-order chi connectivity index (χ1) is 14.7. The number of carboxylic acids is 1. The lowest BCUT2D eigenvalue weighted by atomic mass is 10.1. The van der Waals surface area contributed by atoms with Crippen molar-refractivity contribution in [2.75, 3.05) is 33.0 Å². The minimum atomic E-state index is -1.22. The van der Waals surface area contributed by atoms with Crippen molar-refractivity contribution in [1.82, 2.24) is 5.32 Å². The molecule has 0 aliphatic carbocycles. The maximum absolute atomic E-state index is 11.9. The van der Waals surface area contributed by atoms with Crippen LogP contribution in [0.1, 0.15) is 51.6 Å². The van der Waals surface area contributed by atoms with Gasteiger partial charge in [0.1, 0.15) is 18.0 Å². The van der Waals surface area contributed by atoms with E-state index in [4.69, 9.17) is 23.7 Å². The van der Waals surface area contributed by atoms with E-state index in [1.165, 1.54) is 0 Å². The summed E-state index contributed by atoms with van der Waals surface area (Å²) in [7, 11) is 0. The molecule has 1 unspecified atom stereocenters. The Balaban J connectivity index is 1.68. The van der Waals surface area contributed by atoms with Crippen LogP contribution in [0.3, 0.4) is 0 Å². The number of benzene rings is 1. The number of hydrogen-bond donors (Lipinski definition) is 2. The van der Waals surface area contributed by atoms with Crippen LogP contribution in [-0.2, 0) is 23.7 Å². The molecule has 0 aromatic heterocycles. The Labute approximate surface area is 182 Å². The van der Waals surface area contributed by atoms with Gasteiger partial charge in [0.05, 0.1) is 19.8 Å². The van der Waals surface area contributed by atoms with E-state index in [9.17, 15) is 14.7 Å². The van der Waals surface area contributed by atoms with Crippen LogP contribution >= 0.6 is 0 Å². The van der Waals surface area contributed by atoms with Gasteiger partial charge in [0.15, 0.2) is 12.3 Å². The van der Waals surface area contributed by atoms with Gasteiger partial charge in [0.25, 0.3) is 0 Å². The van der Waals surface area contributed by atoms with Crippen molar-refractivity contribution in [3.63, 3.8) is 0 Å². The standard InChI is InChI=1S/C22H33NO8/c1-22(2,3)31-21(26)23-19(20(24)25)16-7-9-17(10-8-16)28-14-12-27-13-15-30-18-6-4-5-11-29-18/h7-10,18-19H,4-6,11-15H2,1-3H3,(H,23,26)(H,24,25)/t18?,19-/m1/s1. The highest BCUT2D eigenvalue weighted by molar-refractivity contribution is 5.81. The van der Waals surface area contributed by atoms with Gasteiger partial charge in [-0.2, -0.15) is 0 Å². The Morgan fingerprint density at radius 3 is 2.45 bits per heavy atom. The number of carbonyl (C=O) groups is 2. The van der Waals surface area contributed by atoms with Crippen LogP contribution in [0.25, 0.3) is 0 Å². The smallest absolute Gasteiger partial charge is 0.408 e. The third kappa shape index (κ3) is 9.99. The summed E-state index contributed by atoms with van der Waals surface area (Å²) in [5.41, 5.74) is -0.313. The molecule has 1 aromatic carbocycles. The topological polar surface area (TPSA) is 113 Å². The summed E-state index contributed by atoms with van der Waals surface area (Å²) in [6, 6.07) is 5.24. The summed E-state index contributed by atoms with van der Waals surface area (Å²) >= 11 is 0. The summed E-state index contributed by atoms with van der Waals surface area (Å²) in [5.74, 6) is -0.616. The molecule has 31 heavy (non-hydrogen) atoms. The normalized spacial score (nSPS) is 17.6. The average Bonchev–Trinajstić information content (AvgIpc) is 2.71. The number of aliphatic carboxylic acids is 1. The summed E-state index contributed by atoms with van der Waals surface area (Å²) in [6.45, 7) is 7.54. The highest BCUT2D eigenvalue weighted by Gasteiger charge is 2.25. The maximum atomic E-state index is 11.9. The van der Waals surface area contributed by atoms with Crippen molar-refractivity contribution < 1.29 is 38.4 Å². The molecule has 1 amide bonds. The van der Waals surface area contributed by atoms with E-state index in [-0.39, 0.29) is 6.29 Å². The first-order valence-electron chi connectivity index (χ1n) is 10.5. The number of carboxylic acid groups (broad SMARTS) is 1. The molecule has 9 heteroatoms. The van der Waals surface area contributed by atoms with Crippen LogP contribution in [0, 0.1) is 0 Å². The molecule has 0 radical (unpaired) electrons. The van der Waals surface area contributed by atoms with Crippen LogP contribution in [0.4, 0.5) is 4.79 Å². The van der Waals surface area contributed by atoms with Gasteiger partial charge in [-0.3, -0.25) is 0 Å². The molecular formula is C22H33NO8. The van der Waals surface area contributed by atoms with Gasteiger partial charge in [-0.25, -0.2) is 9.59 Å². The quantitative estimate of drug-likeness (QED) is 0.505. The number of carbonyl (C=O) groups excluding carboxylic acids is 1. The predicted molar refractivity (Wildman–Crippen MR) is 112 cm³/mol. The highest BCUT2D eigenvalue weighted by atomic mass is 16.7. The first-order valence-corrected chi connectivity index (χ1v) is 10.5. The third-order valence-corrected chi connectivity index (χ3v) is 4.29. The van der Waals surface area contributed by atoms with Gasteiger partial charge in [-0.1, -0.05) is 12.1 Å². The van der Waals surface area contributed by atoms with E-state index in [2.05, 4.69) is 5.32 Å². The zero-order chi connectivity index (χ0) is 22.7. The molecule has 9 nitrogen and oxygen atoms in total. The highest BCUT2D eigenvalue weighted by Crippen LogP contribution is 2.19. The molecule has 1 aliphatic rings. The van der Waals surface area contributed by atoms with E-state index in [0.29, 0.717) is 37.7 Å². The molecule has 1 fully saturated rings. The van der Waals surface area contributed by atoms with E-state index in [0.717, 1.165) is 25.9 Å². The lowest BCUT2D eigenvalue weighted by molar-refractivity contribution is -0.169. The van der Waals surface area contributed by atoms with E-state index < -0.39 is 23.7 Å². The number of hydrogen-bond acceptors (Lipinski definition) is 7. The molecule has 0 saturated carbocycles. The summed E-state index contributed by atoms with van der Waals surface area (Å²) in [4.78, 5) is 23.5.